The van der Waals surface area contributed by atoms with E-state index in [1.54, 1.807) is 18.3 Å². The summed E-state index contributed by atoms with van der Waals surface area (Å²) in [6, 6.07) is 11.9. The van der Waals surface area contributed by atoms with Crippen molar-refractivity contribution in [3.05, 3.63) is 41.8 Å². The van der Waals surface area contributed by atoms with Crippen molar-refractivity contribution >= 4 is 39.8 Å². The van der Waals surface area contributed by atoms with Gasteiger partial charge in [0.25, 0.3) is 0 Å². The second-order valence-corrected chi connectivity index (χ2v) is 6.99. The average Bonchev–Trinajstić information content (AvgIpc) is 3.01. The zero-order chi connectivity index (χ0) is 14.8. The van der Waals surface area contributed by atoms with Gasteiger partial charge in [-0.3, -0.25) is 4.79 Å². The van der Waals surface area contributed by atoms with Gasteiger partial charge in [-0.25, -0.2) is 9.97 Å². The van der Waals surface area contributed by atoms with E-state index < -0.39 is 0 Å². The van der Waals surface area contributed by atoms with Gasteiger partial charge in [-0.05, 0) is 31.4 Å². The van der Waals surface area contributed by atoms with Gasteiger partial charge in [-0.1, -0.05) is 36.0 Å². The summed E-state index contributed by atoms with van der Waals surface area (Å²) in [7, 11) is 0. The van der Waals surface area contributed by atoms with E-state index >= 15 is 0 Å². The molecular weight excluding hydrogens is 300 g/mol. The number of nitrogens with zero attached hydrogens (tertiary/aromatic N) is 2. The van der Waals surface area contributed by atoms with Gasteiger partial charge >= 0.3 is 0 Å². The number of rotatable bonds is 4. The molecule has 0 aliphatic rings. The number of hydrogen-bond acceptors (Lipinski definition) is 5. The molecule has 0 fully saturated rings. The normalized spacial score (nSPS) is 12.5. The van der Waals surface area contributed by atoms with E-state index in [1.807, 2.05) is 48.7 Å². The summed E-state index contributed by atoms with van der Waals surface area (Å²) in [6.45, 7) is 3.52. The molecule has 2 aromatic heterocycles. The first-order valence-electron chi connectivity index (χ1n) is 6.63. The molecule has 0 aliphatic heterocycles. The lowest BCUT2D eigenvalue weighted by atomic mass is 10.2. The van der Waals surface area contributed by atoms with Crippen LogP contribution >= 0.6 is 23.1 Å². The fourth-order valence-corrected chi connectivity index (χ4v) is 3.50. The second kappa shape index (κ2) is 5.95. The van der Waals surface area contributed by atoms with Gasteiger partial charge in [0.2, 0.25) is 0 Å². The summed E-state index contributed by atoms with van der Waals surface area (Å²) in [5.41, 5.74) is 0.911. The first-order valence-corrected chi connectivity index (χ1v) is 8.39. The number of aromatic nitrogens is 2. The molecule has 106 valence electrons. The van der Waals surface area contributed by atoms with Gasteiger partial charge in [-0.2, -0.15) is 0 Å². The first kappa shape index (κ1) is 14.2. The Bertz CT molecular complexity index is 784. The second-order valence-electron chi connectivity index (χ2n) is 4.72. The van der Waals surface area contributed by atoms with Crippen molar-refractivity contribution in [1.29, 1.82) is 0 Å². The van der Waals surface area contributed by atoms with Crippen molar-refractivity contribution in [2.24, 2.45) is 0 Å². The predicted molar refractivity (Wildman–Crippen MR) is 88.9 cm³/mol. The number of benzene rings is 1. The molecule has 0 aliphatic carbocycles. The van der Waals surface area contributed by atoms with Crippen molar-refractivity contribution in [3.8, 4) is 10.7 Å². The van der Waals surface area contributed by atoms with Crippen molar-refractivity contribution in [1.82, 2.24) is 9.97 Å². The number of carbonyl (C=O) groups excluding carboxylic acids is 1. The van der Waals surface area contributed by atoms with Gasteiger partial charge in [0.05, 0.1) is 15.6 Å². The number of fused-ring (bicyclic) bond motifs is 1. The lowest BCUT2D eigenvalue weighted by Crippen LogP contribution is -2.08. The van der Waals surface area contributed by atoms with Crippen LogP contribution in [0.15, 0.2) is 46.8 Å². The Morgan fingerprint density at radius 3 is 2.71 bits per heavy atom. The lowest BCUT2D eigenvalue weighted by Gasteiger charge is -2.10. The Kier molecular flexibility index (Phi) is 4.03. The average molecular weight is 314 g/mol. The molecule has 0 N–H and O–H groups in total. The summed E-state index contributed by atoms with van der Waals surface area (Å²) >= 11 is 3.11. The summed E-state index contributed by atoms with van der Waals surface area (Å²) < 4.78 is 0. The molecule has 5 heteroatoms. The van der Waals surface area contributed by atoms with Crippen molar-refractivity contribution in [2.75, 3.05) is 0 Å². The molecule has 0 amide bonds. The summed E-state index contributed by atoms with van der Waals surface area (Å²) in [5.74, 6) is 0.877. The number of ketones is 1. The largest absolute Gasteiger partial charge is 0.299 e. The van der Waals surface area contributed by atoms with E-state index in [0.717, 1.165) is 26.6 Å². The van der Waals surface area contributed by atoms with Gasteiger partial charge in [0.15, 0.2) is 5.82 Å². The highest BCUT2D eigenvalue weighted by Gasteiger charge is 2.15. The van der Waals surface area contributed by atoms with E-state index in [4.69, 9.17) is 0 Å². The van der Waals surface area contributed by atoms with Crippen LogP contribution in [0, 0.1) is 0 Å². The third kappa shape index (κ3) is 2.99. The molecule has 1 aromatic carbocycles. The number of hydrogen-bond donors (Lipinski definition) is 0. The Balaban J connectivity index is 2.14. The molecule has 0 saturated carbocycles. The molecule has 0 bridgehead atoms. The van der Waals surface area contributed by atoms with Crippen LogP contribution in [0.4, 0.5) is 0 Å². The van der Waals surface area contributed by atoms with Crippen LogP contribution in [0.25, 0.3) is 21.6 Å². The SMILES string of the molecule is CC(=O)C(C)Sc1nc(-c2cccs2)nc2ccccc12. The lowest BCUT2D eigenvalue weighted by molar-refractivity contribution is -0.116. The third-order valence-electron chi connectivity index (χ3n) is 3.17. The molecule has 1 unspecified atom stereocenters. The minimum absolute atomic E-state index is 0.112. The monoisotopic (exact) mass is 314 g/mol. The summed E-state index contributed by atoms with van der Waals surface area (Å²) in [4.78, 5) is 21.9. The first-order chi connectivity index (χ1) is 10.1. The minimum atomic E-state index is -0.112. The molecule has 3 aromatic rings. The summed E-state index contributed by atoms with van der Waals surface area (Å²) in [5, 5.41) is 3.76. The van der Waals surface area contributed by atoms with Gasteiger partial charge in [-0.15, -0.1) is 11.3 Å². The molecule has 1 atom stereocenters. The molecule has 0 radical (unpaired) electrons. The zero-order valence-electron chi connectivity index (χ0n) is 11.7. The van der Waals surface area contributed by atoms with Gasteiger partial charge in [0, 0.05) is 5.39 Å². The third-order valence-corrected chi connectivity index (χ3v) is 5.26. The molecule has 0 saturated heterocycles. The van der Waals surface area contributed by atoms with Crippen molar-refractivity contribution in [2.45, 2.75) is 24.1 Å². The molecule has 21 heavy (non-hydrogen) atoms. The fraction of sp³-hybridized carbons (Fsp3) is 0.188. The quantitative estimate of drug-likeness (QED) is 0.528. The van der Waals surface area contributed by atoms with Crippen molar-refractivity contribution in [3.63, 3.8) is 0 Å². The maximum Gasteiger partial charge on any atom is 0.171 e. The van der Waals surface area contributed by atoms with E-state index in [-0.39, 0.29) is 11.0 Å². The van der Waals surface area contributed by atoms with Crippen LogP contribution in [0.1, 0.15) is 13.8 Å². The number of thiophene rings is 1. The van der Waals surface area contributed by atoms with E-state index in [1.165, 1.54) is 11.8 Å². The summed E-state index contributed by atoms with van der Waals surface area (Å²) in [6.07, 6.45) is 0. The number of Topliss-reactive ketones (excluding diaryl/α,β-unsaturated/α-hetero) is 1. The molecule has 2 heterocycles. The topological polar surface area (TPSA) is 42.9 Å². The standard InChI is InChI=1S/C16H14N2OS2/c1-10(19)11(2)21-16-12-6-3-4-7-13(12)17-15(18-16)14-8-5-9-20-14/h3-9,11H,1-2H3. The maximum atomic E-state index is 11.5. The van der Waals surface area contributed by atoms with Crippen LogP contribution in [0.2, 0.25) is 0 Å². The number of thioether (sulfide) groups is 1. The highest BCUT2D eigenvalue weighted by atomic mass is 32.2. The Morgan fingerprint density at radius 2 is 2.00 bits per heavy atom. The number of para-hydroxylation sites is 1. The Hall–Kier alpha value is -1.72. The van der Waals surface area contributed by atoms with E-state index in [9.17, 15) is 4.79 Å². The van der Waals surface area contributed by atoms with Gasteiger partial charge < -0.3 is 0 Å². The van der Waals surface area contributed by atoms with Crippen LogP contribution in [-0.2, 0) is 4.79 Å². The zero-order valence-corrected chi connectivity index (χ0v) is 13.4. The highest BCUT2D eigenvalue weighted by molar-refractivity contribution is 8.00. The molecule has 0 spiro atoms. The number of carbonyl (C=O) groups is 1. The van der Waals surface area contributed by atoms with E-state index in [0.29, 0.717) is 0 Å². The van der Waals surface area contributed by atoms with Crippen LogP contribution < -0.4 is 0 Å². The highest BCUT2D eigenvalue weighted by Crippen LogP contribution is 2.32. The smallest absolute Gasteiger partial charge is 0.171 e. The van der Waals surface area contributed by atoms with Crippen LogP contribution in [-0.4, -0.2) is 21.0 Å². The maximum absolute atomic E-state index is 11.5. The molecular formula is C16H14N2OS2. The predicted octanol–water partition coefficient (Wildman–Crippen LogP) is 4.43. The fourth-order valence-electron chi connectivity index (χ4n) is 1.90. The Morgan fingerprint density at radius 1 is 1.19 bits per heavy atom. The molecule has 3 rings (SSSR count). The van der Waals surface area contributed by atoms with E-state index in [2.05, 4.69) is 9.97 Å². The van der Waals surface area contributed by atoms with Crippen LogP contribution in [0.5, 0.6) is 0 Å². The van der Waals surface area contributed by atoms with Gasteiger partial charge in [0.1, 0.15) is 10.8 Å². The Labute approximate surface area is 131 Å². The van der Waals surface area contributed by atoms with Crippen molar-refractivity contribution < 1.29 is 4.79 Å². The molecule has 3 nitrogen and oxygen atoms in total. The van der Waals surface area contributed by atoms with Crippen LogP contribution in [0.3, 0.4) is 0 Å². The minimum Gasteiger partial charge on any atom is -0.299 e.